The van der Waals surface area contributed by atoms with E-state index < -0.39 is 10.0 Å². The maximum absolute atomic E-state index is 12.6. The summed E-state index contributed by atoms with van der Waals surface area (Å²) < 4.78 is 33.5. The highest BCUT2D eigenvalue weighted by Gasteiger charge is 2.26. The maximum Gasteiger partial charge on any atom is 0.251 e. The van der Waals surface area contributed by atoms with Crippen LogP contribution in [0.1, 0.15) is 28.4 Å². The quantitative estimate of drug-likeness (QED) is 0.885. The molecule has 1 atom stereocenters. The Hall–Kier alpha value is -2.38. The molecule has 0 aliphatic carbocycles. The van der Waals surface area contributed by atoms with Crippen molar-refractivity contribution in [2.24, 2.45) is 0 Å². The Morgan fingerprint density at radius 1 is 1.12 bits per heavy atom. The molecule has 1 aliphatic rings. The normalized spacial score (nSPS) is 16.8. The van der Waals surface area contributed by atoms with Crippen molar-refractivity contribution in [3.8, 4) is 5.75 Å². The van der Waals surface area contributed by atoms with E-state index >= 15 is 0 Å². The summed E-state index contributed by atoms with van der Waals surface area (Å²) in [4.78, 5) is 11.7. The Kier molecular flexibility index (Phi) is 4.55. The van der Waals surface area contributed by atoms with Crippen LogP contribution in [0.4, 0.5) is 0 Å². The molecule has 24 heavy (non-hydrogen) atoms. The molecule has 2 aromatic carbocycles. The summed E-state index contributed by atoms with van der Waals surface area (Å²) in [5, 5.41) is 2.50. The molecule has 1 heterocycles. The molecular formula is C17H18N2O4S. The van der Waals surface area contributed by atoms with Crippen molar-refractivity contribution in [3.05, 3.63) is 59.7 Å². The van der Waals surface area contributed by atoms with Gasteiger partial charge in [0.25, 0.3) is 5.91 Å². The number of sulfonamides is 1. The van der Waals surface area contributed by atoms with Crippen LogP contribution in [0.2, 0.25) is 0 Å². The van der Waals surface area contributed by atoms with Crippen LogP contribution in [0.3, 0.4) is 0 Å². The number of benzene rings is 2. The first-order chi connectivity index (χ1) is 11.5. The highest BCUT2D eigenvalue weighted by Crippen LogP contribution is 2.32. The lowest BCUT2D eigenvalue weighted by Crippen LogP contribution is -2.32. The molecule has 7 heteroatoms. The lowest BCUT2D eigenvalue weighted by Gasteiger charge is -2.26. The van der Waals surface area contributed by atoms with Crippen molar-refractivity contribution in [2.45, 2.75) is 17.4 Å². The smallest absolute Gasteiger partial charge is 0.251 e. The second-order valence-electron chi connectivity index (χ2n) is 5.45. The lowest BCUT2D eigenvalue weighted by atomic mass is 10.0. The molecule has 0 radical (unpaired) electrons. The van der Waals surface area contributed by atoms with Gasteiger partial charge in [0, 0.05) is 24.6 Å². The minimum atomic E-state index is -3.69. The van der Waals surface area contributed by atoms with Gasteiger partial charge in [-0.15, -0.1) is 0 Å². The summed E-state index contributed by atoms with van der Waals surface area (Å²) in [6.45, 7) is 0.458. The van der Waals surface area contributed by atoms with Gasteiger partial charge in [0.2, 0.25) is 10.0 Å². The van der Waals surface area contributed by atoms with Crippen LogP contribution in [-0.2, 0) is 10.0 Å². The van der Waals surface area contributed by atoms with E-state index in [1.54, 1.807) is 0 Å². The number of carbonyl (C=O) groups is 1. The van der Waals surface area contributed by atoms with Gasteiger partial charge in [-0.2, -0.15) is 0 Å². The predicted molar refractivity (Wildman–Crippen MR) is 89.4 cm³/mol. The van der Waals surface area contributed by atoms with E-state index in [4.69, 9.17) is 4.74 Å². The zero-order chi connectivity index (χ0) is 17.2. The third-order valence-corrected chi connectivity index (χ3v) is 5.40. The molecule has 0 saturated heterocycles. The standard InChI is InChI=1S/C17H18N2O4S/c1-18-17(20)12-6-8-13(9-7-12)24(21,22)19-15-10-11-23-16-5-3-2-4-14(15)16/h2-9,15,19H,10-11H2,1H3,(H,18,20)/t15-/m1/s1. The average molecular weight is 346 g/mol. The molecule has 1 aliphatic heterocycles. The Bertz CT molecular complexity index is 847. The third-order valence-electron chi connectivity index (χ3n) is 3.91. The van der Waals surface area contributed by atoms with Gasteiger partial charge in [0.05, 0.1) is 17.5 Å². The fraction of sp³-hybridized carbons (Fsp3) is 0.235. The van der Waals surface area contributed by atoms with Crippen molar-refractivity contribution in [2.75, 3.05) is 13.7 Å². The van der Waals surface area contributed by atoms with Gasteiger partial charge >= 0.3 is 0 Å². The minimum absolute atomic E-state index is 0.124. The van der Waals surface area contributed by atoms with Crippen LogP contribution in [0.25, 0.3) is 0 Å². The second kappa shape index (κ2) is 6.62. The summed E-state index contributed by atoms with van der Waals surface area (Å²) >= 11 is 0. The van der Waals surface area contributed by atoms with Crippen molar-refractivity contribution >= 4 is 15.9 Å². The van der Waals surface area contributed by atoms with E-state index in [0.717, 1.165) is 5.56 Å². The van der Waals surface area contributed by atoms with Gasteiger partial charge in [-0.1, -0.05) is 18.2 Å². The number of amides is 1. The van der Waals surface area contributed by atoms with Crippen LogP contribution >= 0.6 is 0 Å². The highest BCUT2D eigenvalue weighted by atomic mass is 32.2. The Balaban J connectivity index is 1.83. The van der Waals surface area contributed by atoms with Crippen LogP contribution in [0.15, 0.2) is 53.4 Å². The van der Waals surface area contributed by atoms with E-state index in [-0.39, 0.29) is 16.8 Å². The zero-order valence-corrected chi connectivity index (χ0v) is 14.0. The van der Waals surface area contributed by atoms with Gasteiger partial charge in [0.15, 0.2) is 0 Å². The molecule has 6 nitrogen and oxygen atoms in total. The Labute approximate surface area is 140 Å². The molecule has 1 amide bonds. The van der Waals surface area contributed by atoms with Crippen molar-refractivity contribution in [3.63, 3.8) is 0 Å². The Morgan fingerprint density at radius 2 is 1.83 bits per heavy atom. The average Bonchev–Trinajstić information content (AvgIpc) is 2.61. The predicted octanol–water partition coefficient (Wildman–Crippen LogP) is 1.85. The van der Waals surface area contributed by atoms with Crippen molar-refractivity contribution in [1.29, 1.82) is 0 Å². The van der Waals surface area contributed by atoms with E-state index in [1.807, 2.05) is 24.3 Å². The molecule has 0 unspecified atom stereocenters. The van der Waals surface area contributed by atoms with E-state index in [1.165, 1.54) is 31.3 Å². The van der Waals surface area contributed by atoms with Gasteiger partial charge in [-0.05, 0) is 30.3 Å². The summed E-state index contributed by atoms with van der Waals surface area (Å²) in [5.74, 6) is 0.441. The zero-order valence-electron chi connectivity index (χ0n) is 13.2. The molecule has 0 fully saturated rings. The number of hydrogen-bond donors (Lipinski definition) is 2. The van der Waals surface area contributed by atoms with Crippen molar-refractivity contribution in [1.82, 2.24) is 10.0 Å². The van der Waals surface area contributed by atoms with E-state index in [2.05, 4.69) is 10.0 Å². The molecule has 2 aromatic rings. The van der Waals surface area contributed by atoms with Gasteiger partial charge in [-0.25, -0.2) is 13.1 Å². The van der Waals surface area contributed by atoms with Gasteiger partial charge < -0.3 is 10.1 Å². The first kappa shape index (κ1) is 16.5. The number of carbonyl (C=O) groups excluding carboxylic acids is 1. The number of fused-ring (bicyclic) bond motifs is 1. The van der Waals surface area contributed by atoms with Gasteiger partial charge in [0.1, 0.15) is 5.75 Å². The number of para-hydroxylation sites is 1. The number of ether oxygens (including phenoxy) is 1. The van der Waals surface area contributed by atoms with Crippen LogP contribution in [-0.4, -0.2) is 28.0 Å². The second-order valence-corrected chi connectivity index (χ2v) is 7.17. The number of nitrogens with one attached hydrogen (secondary N) is 2. The minimum Gasteiger partial charge on any atom is -0.493 e. The molecule has 126 valence electrons. The largest absolute Gasteiger partial charge is 0.493 e. The molecule has 0 spiro atoms. The molecule has 3 rings (SSSR count). The summed E-state index contributed by atoms with van der Waals surface area (Å²) in [5.41, 5.74) is 1.24. The highest BCUT2D eigenvalue weighted by molar-refractivity contribution is 7.89. The fourth-order valence-corrected chi connectivity index (χ4v) is 3.90. The van der Waals surface area contributed by atoms with E-state index in [0.29, 0.717) is 24.3 Å². The fourth-order valence-electron chi connectivity index (χ4n) is 2.65. The molecule has 0 saturated carbocycles. The number of rotatable bonds is 4. The lowest BCUT2D eigenvalue weighted by molar-refractivity contribution is 0.0963. The first-order valence-corrected chi connectivity index (χ1v) is 9.06. The van der Waals surface area contributed by atoms with Gasteiger partial charge in [-0.3, -0.25) is 4.79 Å². The third kappa shape index (κ3) is 3.27. The van der Waals surface area contributed by atoms with E-state index in [9.17, 15) is 13.2 Å². The van der Waals surface area contributed by atoms with Crippen molar-refractivity contribution < 1.29 is 17.9 Å². The van der Waals surface area contributed by atoms with Crippen LogP contribution in [0, 0.1) is 0 Å². The molecule has 0 aromatic heterocycles. The summed E-state index contributed by atoms with van der Waals surface area (Å²) in [7, 11) is -2.16. The first-order valence-electron chi connectivity index (χ1n) is 7.57. The van der Waals surface area contributed by atoms with Crippen LogP contribution < -0.4 is 14.8 Å². The number of hydrogen-bond acceptors (Lipinski definition) is 4. The summed E-state index contributed by atoms with van der Waals surface area (Å²) in [6.07, 6.45) is 0.562. The summed E-state index contributed by atoms with van der Waals surface area (Å²) in [6, 6.07) is 12.9. The molecule has 0 bridgehead atoms. The molecular weight excluding hydrogens is 328 g/mol. The molecule has 2 N–H and O–H groups in total. The van der Waals surface area contributed by atoms with Crippen LogP contribution in [0.5, 0.6) is 5.75 Å². The SMILES string of the molecule is CNC(=O)c1ccc(S(=O)(=O)N[C@@H]2CCOc3ccccc32)cc1. The topological polar surface area (TPSA) is 84.5 Å². The maximum atomic E-state index is 12.6. The monoisotopic (exact) mass is 346 g/mol. The Morgan fingerprint density at radius 3 is 2.54 bits per heavy atom.